The molecule has 1 nitrogen and oxygen atoms in total. The highest BCUT2D eigenvalue weighted by Crippen LogP contribution is 2.49. The van der Waals surface area contributed by atoms with Crippen molar-refractivity contribution in [1.29, 1.82) is 0 Å². The molecule has 0 aliphatic rings. The molecule has 0 spiro atoms. The molecule has 4 aromatic rings. The first kappa shape index (κ1) is 28.6. The van der Waals surface area contributed by atoms with Gasteiger partial charge in [0.05, 0.1) is 16.7 Å². The molecular formula is C24H3F15O. The molecule has 4 aromatic carbocycles. The van der Waals surface area contributed by atoms with Gasteiger partial charge in [-0.15, -0.1) is 0 Å². The van der Waals surface area contributed by atoms with Gasteiger partial charge in [-0.25, -0.2) is 65.9 Å². The third-order valence-electron chi connectivity index (χ3n) is 5.54. The van der Waals surface area contributed by atoms with Crippen LogP contribution >= 0.6 is 0 Å². The number of hydrogen-bond donors (Lipinski definition) is 1. The van der Waals surface area contributed by atoms with Crippen LogP contribution in [-0.4, -0.2) is 5.11 Å². The second kappa shape index (κ2) is 9.67. The fraction of sp³-hybridized carbons (Fsp3) is 0. The van der Waals surface area contributed by atoms with Gasteiger partial charge in [0.1, 0.15) is 5.75 Å². The highest BCUT2D eigenvalue weighted by Gasteiger charge is 2.36. The van der Waals surface area contributed by atoms with E-state index in [1.54, 1.807) is 0 Å². The van der Waals surface area contributed by atoms with Gasteiger partial charge in [0, 0.05) is 16.7 Å². The van der Waals surface area contributed by atoms with Crippen LogP contribution < -0.4 is 0 Å². The molecule has 0 fully saturated rings. The molecule has 0 saturated carbocycles. The fourth-order valence-electron chi connectivity index (χ4n) is 3.80. The first-order valence-electron chi connectivity index (χ1n) is 9.96. The Morgan fingerprint density at radius 2 is 0.475 bits per heavy atom. The second-order valence-electron chi connectivity index (χ2n) is 7.75. The van der Waals surface area contributed by atoms with Gasteiger partial charge >= 0.3 is 0 Å². The van der Waals surface area contributed by atoms with Crippen molar-refractivity contribution >= 4 is 0 Å². The zero-order valence-corrected chi connectivity index (χ0v) is 18.3. The van der Waals surface area contributed by atoms with Gasteiger partial charge in [0.2, 0.25) is 17.5 Å². The highest BCUT2D eigenvalue weighted by molar-refractivity contribution is 5.96. The van der Waals surface area contributed by atoms with E-state index < -0.39 is 126 Å². The van der Waals surface area contributed by atoms with Crippen LogP contribution in [0.2, 0.25) is 0 Å². The quantitative estimate of drug-likeness (QED) is 0.144. The van der Waals surface area contributed by atoms with Gasteiger partial charge < -0.3 is 5.11 Å². The smallest absolute Gasteiger partial charge is 0.200 e. The zero-order valence-electron chi connectivity index (χ0n) is 18.3. The maximum Gasteiger partial charge on any atom is 0.200 e. The Bertz CT molecular complexity index is 1590. The van der Waals surface area contributed by atoms with Crippen LogP contribution in [0.4, 0.5) is 65.9 Å². The van der Waals surface area contributed by atoms with E-state index in [4.69, 9.17) is 0 Å². The van der Waals surface area contributed by atoms with Crippen LogP contribution in [0.5, 0.6) is 5.75 Å². The predicted molar refractivity (Wildman–Crippen MR) is 104 cm³/mol. The average molecular weight is 592 g/mol. The van der Waals surface area contributed by atoms with Gasteiger partial charge in [0.25, 0.3) is 0 Å². The summed E-state index contributed by atoms with van der Waals surface area (Å²) in [6.07, 6.45) is 0. The van der Waals surface area contributed by atoms with Crippen LogP contribution in [0, 0.1) is 87.3 Å². The van der Waals surface area contributed by atoms with E-state index in [9.17, 15) is 71.0 Å². The molecule has 0 heterocycles. The molecule has 0 aliphatic heterocycles. The van der Waals surface area contributed by atoms with E-state index in [-0.39, 0.29) is 12.1 Å². The molecule has 0 unspecified atom stereocenters. The molecule has 40 heavy (non-hydrogen) atoms. The Morgan fingerprint density at radius 1 is 0.275 bits per heavy atom. The van der Waals surface area contributed by atoms with Crippen LogP contribution in [0.1, 0.15) is 0 Å². The molecule has 0 amide bonds. The molecule has 0 radical (unpaired) electrons. The second-order valence-corrected chi connectivity index (χ2v) is 7.75. The van der Waals surface area contributed by atoms with Crippen molar-refractivity contribution in [2.45, 2.75) is 0 Å². The van der Waals surface area contributed by atoms with Gasteiger partial charge in [-0.05, 0) is 12.1 Å². The normalized spacial score (nSPS) is 11.5. The van der Waals surface area contributed by atoms with Gasteiger partial charge in [-0.3, -0.25) is 0 Å². The summed E-state index contributed by atoms with van der Waals surface area (Å²) in [7, 11) is 0. The third kappa shape index (κ3) is 3.92. The number of halogens is 15. The van der Waals surface area contributed by atoms with Crippen LogP contribution in [0.15, 0.2) is 12.1 Å². The lowest BCUT2D eigenvalue weighted by Crippen LogP contribution is -2.10. The molecule has 210 valence electrons. The van der Waals surface area contributed by atoms with Crippen LogP contribution in [0.25, 0.3) is 33.4 Å². The summed E-state index contributed by atoms with van der Waals surface area (Å²) < 4.78 is 213. The Balaban J connectivity index is 2.39. The van der Waals surface area contributed by atoms with Crippen molar-refractivity contribution in [3.05, 3.63) is 99.4 Å². The molecule has 16 heteroatoms. The molecule has 4 rings (SSSR count). The largest absolute Gasteiger partial charge is 0.508 e. The standard InChI is InChI=1S/C24H3F15O/c25-10-7(11(26)17(32)22(37)16(10)31)4-1-3(40)2-5(8-12(27)18(33)23(38)19(34)13(8)28)6(4)9-14(29)20(35)24(39)21(36)15(9)30/h1-2,40H. The molecule has 0 atom stereocenters. The molecule has 0 aliphatic carbocycles. The van der Waals surface area contributed by atoms with E-state index >= 15 is 0 Å². The maximum atomic E-state index is 14.9. The fourth-order valence-corrected chi connectivity index (χ4v) is 3.80. The molecule has 1 N–H and O–H groups in total. The zero-order chi connectivity index (χ0) is 30.1. The average Bonchev–Trinajstić information content (AvgIpc) is 2.92. The minimum atomic E-state index is -2.89. The first-order chi connectivity index (χ1) is 18.5. The number of rotatable bonds is 3. The number of phenolic OH excluding ortho intramolecular Hbond substituents is 1. The summed E-state index contributed by atoms with van der Waals surface area (Å²) in [6.45, 7) is 0. The number of aromatic hydroxyl groups is 1. The van der Waals surface area contributed by atoms with Crippen molar-refractivity contribution < 1.29 is 71.0 Å². The Morgan fingerprint density at radius 3 is 0.725 bits per heavy atom. The first-order valence-corrected chi connectivity index (χ1v) is 9.96. The Kier molecular flexibility index (Phi) is 6.92. The van der Waals surface area contributed by atoms with E-state index in [0.29, 0.717) is 0 Å². The molecular weight excluding hydrogens is 589 g/mol. The summed E-state index contributed by atoms with van der Waals surface area (Å²) in [6, 6.07) is -0.192. The van der Waals surface area contributed by atoms with Gasteiger partial charge in [-0.2, -0.15) is 0 Å². The van der Waals surface area contributed by atoms with Gasteiger partial charge in [-0.1, -0.05) is 0 Å². The third-order valence-corrected chi connectivity index (χ3v) is 5.54. The number of hydrogen-bond acceptors (Lipinski definition) is 1. The monoisotopic (exact) mass is 592 g/mol. The topological polar surface area (TPSA) is 20.2 Å². The number of phenols is 1. The van der Waals surface area contributed by atoms with Crippen molar-refractivity contribution in [2.24, 2.45) is 0 Å². The molecule has 0 saturated heterocycles. The SMILES string of the molecule is Oc1cc(-c2c(F)c(F)c(F)c(F)c2F)c(-c2c(F)c(F)c(F)c(F)c2F)c(-c2c(F)c(F)c(F)c(F)c2F)c1. The summed E-state index contributed by atoms with van der Waals surface area (Å²) >= 11 is 0. The van der Waals surface area contributed by atoms with E-state index in [1.165, 1.54) is 0 Å². The van der Waals surface area contributed by atoms with Crippen LogP contribution in [-0.2, 0) is 0 Å². The summed E-state index contributed by atoms with van der Waals surface area (Å²) in [5, 5.41) is 10.0. The lowest BCUT2D eigenvalue weighted by atomic mass is 9.85. The highest BCUT2D eigenvalue weighted by atomic mass is 19.2. The van der Waals surface area contributed by atoms with E-state index in [1.807, 2.05) is 0 Å². The minimum absolute atomic E-state index is 0.0960. The van der Waals surface area contributed by atoms with E-state index in [2.05, 4.69) is 0 Å². The summed E-state index contributed by atoms with van der Waals surface area (Å²) in [5.74, 6) is -43.9. The Hall–Kier alpha value is -4.37. The predicted octanol–water partition coefficient (Wildman–Crippen LogP) is 8.48. The molecule has 0 bridgehead atoms. The Labute approximate surface area is 210 Å². The molecule has 0 aromatic heterocycles. The van der Waals surface area contributed by atoms with Crippen molar-refractivity contribution in [1.82, 2.24) is 0 Å². The lowest BCUT2D eigenvalue weighted by Gasteiger charge is -2.20. The van der Waals surface area contributed by atoms with E-state index in [0.717, 1.165) is 0 Å². The van der Waals surface area contributed by atoms with Crippen LogP contribution in [0.3, 0.4) is 0 Å². The minimum Gasteiger partial charge on any atom is -0.508 e. The van der Waals surface area contributed by atoms with Gasteiger partial charge in [0.15, 0.2) is 69.8 Å². The maximum absolute atomic E-state index is 14.9. The number of benzene rings is 4. The van der Waals surface area contributed by atoms with Crippen molar-refractivity contribution in [2.75, 3.05) is 0 Å². The summed E-state index contributed by atoms with van der Waals surface area (Å²) in [5.41, 5.74) is -12.7. The van der Waals surface area contributed by atoms with Crippen molar-refractivity contribution in [3.8, 4) is 39.1 Å². The lowest BCUT2D eigenvalue weighted by molar-refractivity contribution is 0.379. The van der Waals surface area contributed by atoms with Crippen molar-refractivity contribution in [3.63, 3.8) is 0 Å². The summed E-state index contributed by atoms with van der Waals surface area (Å²) in [4.78, 5) is 0.